The van der Waals surface area contributed by atoms with Crippen LogP contribution in [0.3, 0.4) is 0 Å². The van der Waals surface area contributed by atoms with Crippen LogP contribution in [-0.4, -0.2) is 24.4 Å². The van der Waals surface area contributed by atoms with Gasteiger partial charge in [-0.25, -0.2) is 0 Å². The summed E-state index contributed by atoms with van der Waals surface area (Å²) >= 11 is 0. The van der Waals surface area contributed by atoms with Crippen molar-refractivity contribution in [1.29, 1.82) is 0 Å². The van der Waals surface area contributed by atoms with Crippen LogP contribution >= 0.6 is 0 Å². The summed E-state index contributed by atoms with van der Waals surface area (Å²) in [4.78, 5) is 0. The van der Waals surface area contributed by atoms with Gasteiger partial charge in [-0.1, -0.05) is 37.6 Å². The second-order valence-corrected chi connectivity index (χ2v) is 4.74. The summed E-state index contributed by atoms with van der Waals surface area (Å²) in [5, 5.41) is 18.7. The van der Waals surface area contributed by atoms with E-state index in [4.69, 9.17) is 14.6 Å². The van der Waals surface area contributed by atoms with Crippen LogP contribution < -0.4 is 9.47 Å². The predicted molar refractivity (Wildman–Crippen MR) is 87.9 cm³/mol. The Morgan fingerprint density at radius 2 is 1.50 bits per heavy atom. The van der Waals surface area contributed by atoms with Crippen molar-refractivity contribution in [1.82, 2.24) is 0 Å². The number of phenols is 2. The first kappa shape index (κ1) is 17.7. The third-order valence-corrected chi connectivity index (χ3v) is 3.19. The van der Waals surface area contributed by atoms with Gasteiger partial charge in [0.2, 0.25) is 0 Å². The molecule has 0 aliphatic heterocycles. The minimum Gasteiger partial charge on any atom is -0.504 e. The van der Waals surface area contributed by atoms with Crippen LogP contribution in [0.25, 0.3) is 0 Å². The van der Waals surface area contributed by atoms with Gasteiger partial charge in [0.1, 0.15) is 0 Å². The molecular formula is C18H24O4. The molecule has 0 amide bonds. The lowest BCUT2D eigenvalue weighted by atomic mass is 10.1. The number of ether oxygens (including phenoxy) is 2. The number of para-hydroxylation sites is 3. The molecule has 0 radical (unpaired) electrons. The quantitative estimate of drug-likeness (QED) is 0.871. The van der Waals surface area contributed by atoms with Crippen LogP contribution in [0.1, 0.15) is 25.3 Å². The van der Waals surface area contributed by atoms with Crippen LogP contribution in [0.4, 0.5) is 0 Å². The van der Waals surface area contributed by atoms with E-state index in [1.165, 1.54) is 7.11 Å². The zero-order valence-corrected chi connectivity index (χ0v) is 13.4. The molecule has 0 unspecified atom stereocenters. The number of phenolic OH excluding ortho intramolecular Hbond substituents is 2. The van der Waals surface area contributed by atoms with E-state index in [0.29, 0.717) is 17.2 Å². The fourth-order valence-electron chi connectivity index (χ4n) is 1.93. The smallest absolute Gasteiger partial charge is 0.160 e. The van der Waals surface area contributed by atoms with Gasteiger partial charge >= 0.3 is 0 Å². The van der Waals surface area contributed by atoms with Gasteiger partial charge in [-0.2, -0.15) is 0 Å². The summed E-state index contributed by atoms with van der Waals surface area (Å²) in [6.07, 6.45) is 3.15. The van der Waals surface area contributed by atoms with Crippen molar-refractivity contribution < 1.29 is 19.7 Å². The lowest BCUT2D eigenvalue weighted by molar-refractivity contribution is 0.370. The molecule has 0 atom stereocenters. The van der Waals surface area contributed by atoms with Gasteiger partial charge < -0.3 is 19.7 Å². The van der Waals surface area contributed by atoms with Gasteiger partial charge in [0.05, 0.1) is 14.2 Å². The first-order chi connectivity index (χ1) is 10.6. The molecule has 4 heteroatoms. The minimum atomic E-state index is 0.181. The molecule has 0 saturated carbocycles. The normalized spacial score (nSPS) is 9.59. The Hall–Kier alpha value is -2.36. The van der Waals surface area contributed by atoms with E-state index in [1.807, 2.05) is 12.1 Å². The zero-order valence-electron chi connectivity index (χ0n) is 13.4. The number of methoxy groups -OCH3 is 2. The van der Waals surface area contributed by atoms with Crippen molar-refractivity contribution in [3.8, 4) is 23.0 Å². The van der Waals surface area contributed by atoms with E-state index in [1.54, 1.807) is 37.4 Å². The summed E-state index contributed by atoms with van der Waals surface area (Å²) < 4.78 is 9.81. The van der Waals surface area contributed by atoms with Crippen molar-refractivity contribution in [2.45, 2.75) is 26.2 Å². The third kappa shape index (κ3) is 5.20. The number of unbranched alkanes of at least 4 members (excludes halogenated alkanes) is 1. The summed E-state index contributed by atoms with van der Waals surface area (Å²) in [7, 11) is 3.09. The van der Waals surface area contributed by atoms with E-state index in [0.717, 1.165) is 24.8 Å². The van der Waals surface area contributed by atoms with Gasteiger partial charge in [0.15, 0.2) is 23.0 Å². The van der Waals surface area contributed by atoms with E-state index in [9.17, 15) is 5.11 Å². The molecule has 0 spiro atoms. The second-order valence-electron chi connectivity index (χ2n) is 4.74. The molecule has 0 heterocycles. The number of aromatic hydroxyl groups is 2. The standard InChI is InChI=1S/C11H16O2.C7H8O2/c1-3-4-6-9-7-5-8-10(13-2)11(9)12;1-9-7-5-3-2-4-6(7)8/h5,7-8,12H,3-4,6H2,1-2H3;2-5,8H,1H3. The summed E-state index contributed by atoms with van der Waals surface area (Å²) in [5.74, 6) is 1.55. The maximum atomic E-state index is 9.69. The lowest BCUT2D eigenvalue weighted by Crippen LogP contribution is -1.89. The Bertz CT molecular complexity index is 567. The molecule has 2 aromatic rings. The van der Waals surface area contributed by atoms with E-state index in [2.05, 4.69) is 6.92 Å². The van der Waals surface area contributed by atoms with E-state index in [-0.39, 0.29) is 5.75 Å². The number of aryl methyl sites for hydroxylation is 1. The van der Waals surface area contributed by atoms with Crippen LogP contribution in [0.2, 0.25) is 0 Å². The molecule has 4 nitrogen and oxygen atoms in total. The Labute approximate surface area is 131 Å². The minimum absolute atomic E-state index is 0.181. The highest BCUT2D eigenvalue weighted by Gasteiger charge is 2.05. The highest BCUT2D eigenvalue weighted by Crippen LogP contribution is 2.30. The highest BCUT2D eigenvalue weighted by atomic mass is 16.5. The van der Waals surface area contributed by atoms with Gasteiger partial charge in [-0.15, -0.1) is 0 Å². The van der Waals surface area contributed by atoms with Gasteiger partial charge in [0, 0.05) is 0 Å². The summed E-state index contributed by atoms with van der Waals surface area (Å²) in [6.45, 7) is 2.14. The molecule has 0 aliphatic rings. The molecule has 0 saturated heterocycles. The maximum Gasteiger partial charge on any atom is 0.160 e. The molecule has 120 valence electrons. The van der Waals surface area contributed by atoms with Gasteiger partial charge in [0.25, 0.3) is 0 Å². The third-order valence-electron chi connectivity index (χ3n) is 3.19. The lowest BCUT2D eigenvalue weighted by Gasteiger charge is -2.07. The summed E-state index contributed by atoms with van der Waals surface area (Å²) in [5.41, 5.74) is 0.973. The monoisotopic (exact) mass is 304 g/mol. The molecular weight excluding hydrogens is 280 g/mol. The van der Waals surface area contributed by atoms with Crippen molar-refractivity contribution >= 4 is 0 Å². The molecule has 22 heavy (non-hydrogen) atoms. The highest BCUT2D eigenvalue weighted by molar-refractivity contribution is 5.45. The topological polar surface area (TPSA) is 58.9 Å². The van der Waals surface area contributed by atoms with Crippen molar-refractivity contribution in [3.05, 3.63) is 48.0 Å². The van der Waals surface area contributed by atoms with Crippen LogP contribution in [0.5, 0.6) is 23.0 Å². The van der Waals surface area contributed by atoms with Crippen LogP contribution in [-0.2, 0) is 6.42 Å². The number of rotatable bonds is 5. The van der Waals surface area contributed by atoms with Gasteiger partial charge in [-0.3, -0.25) is 0 Å². The fourth-order valence-corrected chi connectivity index (χ4v) is 1.93. The maximum absolute atomic E-state index is 9.69. The van der Waals surface area contributed by atoms with Crippen LogP contribution in [0.15, 0.2) is 42.5 Å². The van der Waals surface area contributed by atoms with Gasteiger partial charge in [-0.05, 0) is 36.6 Å². The number of benzene rings is 2. The predicted octanol–water partition coefficient (Wildman–Crippen LogP) is 4.14. The largest absolute Gasteiger partial charge is 0.504 e. The SMILES string of the molecule is CCCCc1cccc(OC)c1O.COc1ccccc1O. The summed E-state index contributed by atoms with van der Waals surface area (Å²) in [6, 6.07) is 12.5. The first-order valence-corrected chi connectivity index (χ1v) is 7.30. The van der Waals surface area contributed by atoms with E-state index < -0.39 is 0 Å². The van der Waals surface area contributed by atoms with Crippen LogP contribution in [0, 0.1) is 0 Å². The van der Waals surface area contributed by atoms with Crippen molar-refractivity contribution in [2.24, 2.45) is 0 Å². The first-order valence-electron chi connectivity index (χ1n) is 7.30. The average molecular weight is 304 g/mol. The second kappa shape index (κ2) is 9.55. The Morgan fingerprint density at radius 1 is 0.864 bits per heavy atom. The molecule has 0 aliphatic carbocycles. The molecule has 2 N–H and O–H groups in total. The zero-order chi connectivity index (χ0) is 16.4. The molecule has 0 aromatic heterocycles. The van der Waals surface area contributed by atoms with Crippen molar-refractivity contribution in [2.75, 3.05) is 14.2 Å². The number of hydrogen-bond acceptors (Lipinski definition) is 4. The Kier molecular flexibility index (Phi) is 7.68. The van der Waals surface area contributed by atoms with Crippen molar-refractivity contribution in [3.63, 3.8) is 0 Å². The fraction of sp³-hybridized carbons (Fsp3) is 0.333. The van der Waals surface area contributed by atoms with E-state index >= 15 is 0 Å². The average Bonchev–Trinajstić information content (AvgIpc) is 2.55. The number of hydrogen-bond donors (Lipinski definition) is 2. The Balaban J connectivity index is 0.000000235. The molecule has 0 bridgehead atoms. The Morgan fingerprint density at radius 3 is 2.05 bits per heavy atom. The molecule has 0 fully saturated rings. The molecule has 2 aromatic carbocycles. The molecule has 2 rings (SSSR count).